The Morgan fingerprint density at radius 3 is 2.82 bits per heavy atom. The number of nitrogens with zero attached hydrogens (tertiary/aromatic N) is 1. The van der Waals surface area contributed by atoms with Crippen molar-refractivity contribution in [2.45, 2.75) is 0 Å². The van der Waals surface area contributed by atoms with Crippen LogP contribution in [-0.2, 0) is 0 Å². The Bertz CT molecular complexity index is 680. The fraction of sp³-hybridized carbons (Fsp3) is 0. The summed E-state index contributed by atoms with van der Waals surface area (Å²) in [6.45, 7) is 0. The van der Waals surface area contributed by atoms with Gasteiger partial charge in [-0.3, -0.25) is 4.79 Å². The largest absolute Gasteiger partial charge is 0.366 e. The Balaban J connectivity index is 2.26. The van der Waals surface area contributed by atoms with Gasteiger partial charge in [0.2, 0.25) is 5.91 Å². The predicted molar refractivity (Wildman–Crippen MR) is 66.1 cm³/mol. The van der Waals surface area contributed by atoms with Crippen molar-refractivity contribution in [3.05, 3.63) is 54.5 Å². The fourth-order valence-electron chi connectivity index (χ4n) is 1.97. The number of hydrogen-bond donors (Lipinski definition) is 2. The normalized spacial score (nSPS) is 10.8. The lowest BCUT2D eigenvalue weighted by Crippen LogP contribution is -2.10. The van der Waals surface area contributed by atoms with E-state index in [1.54, 1.807) is 6.07 Å². The monoisotopic (exact) mass is 225 g/mol. The highest BCUT2D eigenvalue weighted by atomic mass is 16.1. The van der Waals surface area contributed by atoms with Gasteiger partial charge in [-0.25, -0.2) is 0 Å². The molecule has 2 heterocycles. The topological polar surface area (TPSA) is 63.8 Å². The van der Waals surface area contributed by atoms with Crippen molar-refractivity contribution < 1.29 is 4.79 Å². The summed E-state index contributed by atoms with van der Waals surface area (Å²) in [7, 11) is 0. The van der Waals surface area contributed by atoms with Gasteiger partial charge in [-0.1, -0.05) is 6.07 Å². The van der Waals surface area contributed by atoms with Gasteiger partial charge in [-0.2, -0.15) is 0 Å². The fourth-order valence-corrected chi connectivity index (χ4v) is 1.97. The number of fused-ring (bicyclic) bond motifs is 1. The third-order valence-corrected chi connectivity index (χ3v) is 2.84. The molecule has 2 aromatic heterocycles. The van der Waals surface area contributed by atoms with Crippen LogP contribution in [0.1, 0.15) is 10.4 Å². The number of aromatic nitrogens is 2. The molecule has 17 heavy (non-hydrogen) atoms. The van der Waals surface area contributed by atoms with E-state index in [1.165, 1.54) is 0 Å². The van der Waals surface area contributed by atoms with E-state index in [-0.39, 0.29) is 0 Å². The van der Waals surface area contributed by atoms with Crippen LogP contribution >= 0.6 is 0 Å². The van der Waals surface area contributed by atoms with Crippen LogP contribution < -0.4 is 5.73 Å². The second-order valence-corrected chi connectivity index (χ2v) is 3.89. The zero-order valence-electron chi connectivity index (χ0n) is 9.05. The molecule has 1 aromatic carbocycles. The summed E-state index contributed by atoms with van der Waals surface area (Å²) in [5.41, 5.74) is 7.81. The van der Waals surface area contributed by atoms with Crippen LogP contribution in [0.3, 0.4) is 0 Å². The van der Waals surface area contributed by atoms with E-state index >= 15 is 0 Å². The Morgan fingerprint density at radius 1 is 1.24 bits per heavy atom. The van der Waals surface area contributed by atoms with Gasteiger partial charge in [0.25, 0.3) is 0 Å². The predicted octanol–water partition coefficient (Wildman–Crippen LogP) is 2.06. The van der Waals surface area contributed by atoms with Crippen molar-refractivity contribution in [1.29, 1.82) is 0 Å². The van der Waals surface area contributed by atoms with Crippen molar-refractivity contribution in [2.75, 3.05) is 0 Å². The number of benzene rings is 1. The smallest absolute Gasteiger partial charge is 0.248 e. The van der Waals surface area contributed by atoms with Gasteiger partial charge in [0.1, 0.15) is 0 Å². The maximum Gasteiger partial charge on any atom is 0.248 e. The average molecular weight is 225 g/mol. The molecule has 1 amide bonds. The number of nitrogens with one attached hydrogen (secondary N) is 1. The number of carbonyl (C=O) groups is 1. The Morgan fingerprint density at radius 2 is 2.12 bits per heavy atom. The summed E-state index contributed by atoms with van der Waals surface area (Å²) in [6, 6.07) is 9.43. The lowest BCUT2D eigenvalue weighted by Gasteiger charge is -2.03. The molecule has 0 atom stereocenters. The van der Waals surface area contributed by atoms with Crippen molar-refractivity contribution in [1.82, 2.24) is 9.55 Å². The first kappa shape index (κ1) is 9.72. The van der Waals surface area contributed by atoms with Gasteiger partial charge in [-0.05, 0) is 29.7 Å². The molecule has 0 radical (unpaired) electrons. The molecule has 0 spiro atoms. The standard InChI is InChI=1S/C13H11N3O/c14-13(17)10-2-1-9-4-6-16(12(9)7-10)11-3-5-15-8-11/h1-8,15H,(H2,14,17). The van der Waals surface area contributed by atoms with E-state index in [2.05, 4.69) is 4.98 Å². The number of amides is 1. The Hall–Kier alpha value is -2.49. The molecule has 0 aliphatic rings. The molecule has 4 nitrogen and oxygen atoms in total. The number of rotatable bonds is 2. The van der Waals surface area contributed by atoms with Crippen LogP contribution in [0.15, 0.2) is 48.9 Å². The van der Waals surface area contributed by atoms with E-state index in [0.29, 0.717) is 5.56 Å². The third-order valence-electron chi connectivity index (χ3n) is 2.84. The lowest BCUT2D eigenvalue weighted by molar-refractivity contribution is 0.100. The van der Waals surface area contributed by atoms with Crippen molar-refractivity contribution in [2.24, 2.45) is 5.73 Å². The molecule has 0 unspecified atom stereocenters. The second-order valence-electron chi connectivity index (χ2n) is 3.89. The number of carbonyl (C=O) groups excluding carboxylic acids is 1. The van der Waals surface area contributed by atoms with Gasteiger partial charge < -0.3 is 15.3 Å². The van der Waals surface area contributed by atoms with Crippen molar-refractivity contribution >= 4 is 16.8 Å². The van der Waals surface area contributed by atoms with Crippen LogP contribution in [0.5, 0.6) is 0 Å². The summed E-state index contributed by atoms with van der Waals surface area (Å²) in [4.78, 5) is 14.2. The minimum absolute atomic E-state index is 0.409. The highest BCUT2D eigenvalue weighted by Crippen LogP contribution is 2.21. The minimum atomic E-state index is -0.409. The summed E-state index contributed by atoms with van der Waals surface area (Å²) >= 11 is 0. The quantitative estimate of drug-likeness (QED) is 0.688. The maximum absolute atomic E-state index is 11.2. The average Bonchev–Trinajstić information content (AvgIpc) is 2.96. The SMILES string of the molecule is NC(=O)c1ccc2ccn(-c3cc[nH]c3)c2c1. The summed E-state index contributed by atoms with van der Waals surface area (Å²) in [6.07, 6.45) is 5.73. The summed E-state index contributed by atoms with van der Waals surface area (Å²) < 4.78 is 2.01. The van der Waals surface area contributed by atoms with E-state index in [4.69, 9.17) is 5.73 Å². The van der Waals surface area contributed by atoms with Gasteiger partial charge in [0.05, 0.1) is 11.2 Å². The van der Waals surface area contributed by atoms with E-state index in [0.717, 1.165) is 16.6 Å². The third kappa shape index (κ3) is 1.50. The number of nitrogens with two attached hydrogens (primary N) is 1. The molecule has 84 valence electrons. The minimum Gasteiger partial charge on any atom is -0.366 e. The first-order valence-electron chi connectivity index (χ1n) is 5.30. The molecule has 3 N–H and O–H groups in total. The number of hydrogen-bond acceptors (Lipinski definition) is 1. The van der Waals surface area contributed by atoms with Crippen LogP contribution in [0.4, 0.5) is 0 Å². The van der Waals surface area contributed by atoms with Crippen LogP contribution in [0.25, 0.3) is 16.6 Å². The lowest BCUT2D eigenvalue weighted by atomic mass is 10.1. The van der Waals surface area contributed by atoms with Gasteiger partial charge >= 0.3 is 0 Å². The van der Waals surface area contributed by atoms with Crippen molar-refractivity contribution in [3.8, 4) is 5.69 Å². The Kier molecular flexibility index (Phi) is 2.01. The molecular weight excluding hydrogens is 214 g/mol. The molecule has 0 bridgehead atoms. The first-order valence-corrected chi connectivity index (χ1v) is 5.30. The van der Waals surface area contributed by atoms with Gasteiger partial charge in [0, 0.05) is 24.2 Å². The zero-order valence-corrected chi connectivity index (χ0v) is 9.05. The molecule has 0 saturated carbocycles. The molecular formula is C13H11N3O. The number of primary amides is 1. The number of H-pyrrole nitrogens is 1. The van der Waals surface area contributed by atoms with Crippen LogP contribution in [0, 0.1) is 0 Å². The first-order chi connectivity index (χ1) is 8.25. The Labute approximate surface area is 97.7 Å². The molecule has 0 fully saturated rings. The highest BCUT2D eigenvalue weighted by molar-refractivity contribution is 5.97. The molecule has 0 saturated heterocycles. The van der Waals surface area contributed by atoms with E-state index in [1.807, 2.05) is 47.4 Å². The van der Waals surface area contributed by atoms with Crippen LogP contribution in [-0.4, -0.2) is 15.5 Å². The highest BCUT2D eigenvalue weighted by Gasteiger charge is 2.06. The summed E-state index contributed by atoms with van der Waals surface area (Å²) in [5, 5.41) is 1.08. The summed E-state index contributed by atoms with van der Waals surface area (Å²) in [5.74, 6) is -0.409. The molecule has 0 aliphatic heterocycles. The number of aromatic amines is 1. The van der Waals surface area contributed by atoms with E-state index in [9.17, 15) is 4.79 Å². The maximum atomic E-state index is 11.2. The van der Waals surface area contributed by atoms with Crippen molar-refractivity contribution in [3.63, 3.8) is 0 Å². The second kappa shape index (κ2) is 3.52. The zero-order chi connectivity index (χ0) is 11.8. The molecule has 4 heteroatoms. The molecule has 3 aromatic rings. The molecule has 0 aliphatic carbocycles. The van der Waals surface area contributed by atoms with Gasteiger partial charge in [-0.15, -0.1) is 0 Å². The van der Waals surface area contributed by atoms with Crippen LogP contribution in [0.2, 0.25) is 0 Å². The molecule has 3 rings (SSSR count). The van der Waals surface area contributed by atoms with Gasteiger partial charge in [0.15, 0.2) is 0 Å². The van der Waals surface area contributed by atoms with E-state index < -0.39 is 5.91 Å².